The van der Waals surface area contributed by atoms with E-state index in [1.165, 1.54) is 42.0 Å². The van der Waals surface area contributed by atoms with Crippen LogP contribution in [0.25, 0.3) is 70.3 Å². The Balaban J connectivity index is 1.56. The van der Waals surface area contributed by atoms with Crippen molar-refractivity contribution >= 4 is 53.3 Å². The first kappa shape index (κ1) is 21.3. The minimum Gasteiger partial charge on any atom is -0.304 e. The highest BCUT2D eigenvalue weighted by molar-refractivity contribution is 7.26. The molecule has 8 aromatic rings. The zero-order valence-electron chi connectivity index (χ0n) is 20.4. The lowest BCUT2D eigenvalue weighted by Gasteiger charge is -2.15. The van der Waals surface area contributed by atoms with Crippen LogP contribution in [0.4, 0.5) is 0 Å². The Hall–Kier alpha value is -4.80. The van der Waals surface area contributed by atoms with Crippen molar-refractivity contribution in [1.29, 1.82) is 0 Å². The van der Waals surface area contributed by atoms with E-state index in [0.717, 1.165) is 28.3 Å². The predicted molar refractivity (Wildman–Crippen MR) is 160 cm³/mol. The van der Waals surface area contributed by atoms with Crippen LogP contribution in [0.3, 0.4) is 0 Å². The summed E-state index contributed by atoms with van der Waals surface area (Å²) in [5.74, 6) is 0.723. The second-order valence-electron chi connectivity index (χ2n) is 9.45. The molecule has 0 radical (unpaired) electrons. The first-order valence-corrected chi connectivity index (χ1v) is 13.5. The van der Waals surface area contributed by atoms with Gasteiger partial charge in [-0.2, -0.15) is 0 Å². The van der Waals surface area contributed by atoms with Gasteiger partial charge in [0.1, 0.15) is 0 Å². The molecule has 0 amide bonds. The summed E-state index contributed by atoms with van der Waals surface area (Å²) in [6.07, 6.45) is 2.00. The van der Waals surface area contributed by atoms with Crippen molar-refractivity contribution in [3.63, 3.8) is 0 Å². The molecule has 3 aromatic heterocycles. The summed E-state index contributed by atoms with van der Waals surface area (Å²) in [6.45, 7) is 0. The number of thiophene rings is 1. The van der Waals surface area contributed by atoms with Crippen molar-refractivity contribution in [2.75, 3.05) is 0 Å². The van der Waals surface area contributed by atoms with Gasteiger partial charge >= 0.3 is 0 Å². The minimum absolute atomic E-state index is 0.723. The maximum atomic E-state index is 5.20. The summed E-state index contributed by atoms with van der Waals surface area (Å²) in [6, 6.07) is 42.5. The van der Waals surface area contributed by atoms with E-state index in [0.29, 0.717) is 0 Å². The Bertz CT molecular complexity index is 2120. The molecule has 0 atom stereocenters. The van der Waals surface area contributed by atoms with E-state index < -0.39 is 0 Å². The van der Waals surface area contributed by atoms with Crippen molar-refractivity contribution in [1.82, 2.24) is 14.5 Å². The zero-order chi connectivity index (χ0) is 25.1. The highest BCUT2D eigenvalue weighted by atomic mass is 32.1. The van der Waals surface area contributed by atoms with Crippen LogP contribution in [-0.4, -0.2) is 14.5 Å². The SMILES string of the molecule is c1ccc(-c2ncc(-n3c4c5ccccc5ccc4c4sc5ccccc5c43)c(-c3ccccc3)n2)cc1. The monoisotopic (exact) mass is 503 g/mol. The summed E-state index contributed by atoms with van der Waals surface area (Å²) in [4.78, 5) is 10.1. The number of fused-ring (bicyclic) bond motifs is 7. The van der Waals surface area contributed by atoms with E-state index in [2.05, 4.69) is 102 Å². The molecule has 3 nitrogen and oxygen atoms in total. The van der Waals surface area contributed by atoms with Crippen LogP contribution in [0.5, 0.6) is 0 Å². The molecule has 8 rings (SSSR count). The molecule has 0 unspecified atom stereocenters. The first-order chi connectivity index (χ1) is 18.9. The Morgan fingerprint density at radius 2 is 1.24 bits per heavy atom. The average Bonchev–Trinajstić information content (AvgIpc) is 3.53. The summed E-state index contributed by atoms with van der Waals surface area (Å²) < 4.78 is 4.98. The first-order valence-electron chi connectivity index (χ1n) is 12.7. The lowest BCUT2D eigenvalue weighted by atomic mass is 10.1. The molecule has 4 heteroatoms. The van der Waals surface area contributed by atoms with E-state index >= 15 is 0 Å². The van der Waals surface area contributed by atoms with E-state index in [9.17, 15) is 0 Å². The molecule has 0 N–H and O–H groups in total. The normalized spacial score (nSPS) is 11.7. The van der Waals surface area contributed by atoms with Gasteiger partial charge in [-0.25, -0.2) is 9.97 Å². The summed E-state index contributed by atoms with van der Waals surface area (Å²) in [5, 5.41) is 4.95. The van der Waals surface area contributed by atoms with Gasteiger partial charge in [0, 0.05) is 32.0 Å². The third-order valence-corrected chi connectivity index (χ3v) is 8.44. The molecular formula is C34H21N3S. The quantitative estimate of drug-likeness (QED) is 0.240. The van der Waals surface area contributed by atoms with Gasteiger partial charge in [0.25, 0.3) is 0 Å². The third-order valence-electron chi connectivity index (χ3n) is 7.25. The van der Waals surface area contributed by atoms with Gasteiger partial charge in [-0.05, 0) is 11.5 Å². The van der Waals surface area contributed by atoms with Gasteiger partial charge < -0.3 is 4.57 Å². The molecule has 0 aliphatic carbocycles. The van der Waals surface area contributed by atoms with Crippen molar-refractivity contribution in [2.24, 2.45) is 0 Å². The van der Waals surface area contributed by atoms with Gasteiger partial charge in [-0.3, -0.25) is 0 Å². The smallest absolute Gasteiger partial charge is 0.159 e. The Morgan fingerprint density at radius 1 is 0.553 bits per heavy atom. The van der Waals surface area contributed by atoms with Crippen LogP contribution in [0, 0.1) is 0 Å². The number of nitrogens with zero attached hydrogens (tertiary/aromatic N) is 3. The summed E-state index contributed by atoms with van der Waals surface area (Å²) in [7, 11) is 0. The summed E-state index contributed by atoms with van der Waals surface area (Å²) >= 11 is 1.86. The third kappa shape index (κ3) is 3.14. The van der Waals surface area contributed by atoms with E-state index in [1.54, 1.807) is 0 Å². The van der Waals surface area contributed by atoms with Crippen molar-refractivity contribution in [3.05, 3.63) is 128 Å². The molecule has 0 saturated carbocycles. The van der Waals surface area contributed by atoms with Crippen molar-refractivity contribution in [2.45, 2.75) is 0 Å². The fourth-order valence-corrected chi connectivity index (χ4v) is 6.76. The number of hydrogen-bond acceptors (Lipinski definition) is 3. The largest absolute Gasteiger partial charge is 0.304 e. The lowest BCUT2D eigenvalue weighted by molar-refractivity contribution is 1.09. The predicted octanol–water partition coefficient (Wildman–Crippen LogP) is 9.28. The van der Waals surface area contributed by atoms with Gasteiger partial charge in [-0.1, -0.05) is 115 Å². The van der Waals surface area contributed by atoms with E-state index in [-0.39, 0.29) is 0 Å². The maximum Gasteiger partial charge on any atom is 0.159 e. The molecule has 0 aliphatic heterocycles. The van der Waals surface area contributed by atoms with Crippen molar-refractivity contribution < 1.29 is 0 Å². The van der Waals surface area contributed by atoms with E-state index in [4.69, 9.17) is 9.97 Å². The molecule has 0 fully saturated rings. The second-order valence-corrected chi connectivity index (χ2v) is 10.5. The molecule has 0 saturated heterocycles. The van der Waals surface area contributed by atoms with Crippen LogP contribution in [0.15, 0.2) is 128 Å². The van der Waals surface area contributed by atoms with Crippen molar-refractivity contribution in [3.8, 4) is 28.3 Å². The number of hydrogen-bond donors (Lipinski definition) is 0. The molecule has 0 bridgehead atoms. The number of rotatable bonds is 3. The Labute approximate surface area is 223 Å². The number of benzene rings is 5. The molecule has 38 heavy (non-hydrogen) atoms. The van der Waals surface area contributed by atoms with Crippen LogP contribution >= 0.6 is 11.3 Å². The van der Waals surface area contributed by atoms with Gasteiger partial charge in [0.2, 0.25) is 0 Å². The second kappa shape index (κ2) is 8.37. The van der Waals surface area contributed by atoms with Crippen LogP contribution in [0.1, 0.15) is 0 Å². The molecule has 3 heterocycles. The van der Waals surface area contributed by atoms with E-state index in [1.807, 2.05) is 41.8 Å². The number of aromatic nitrogens is 3. The highest BCUT2D eigenvalue weighted by Crippen LogP contribution is 2.45. The molecule has 5 aromatic carbocycles. The molecule has 0 aliphatic rings. The standard InChI is InChI=1S/C34H21N3S/c1-3-12-23(13-4-1)30-28(21-35-34(36-30)24-14-5-2-6-15-24)37-31-25-16-8-7-11-22(25)19-20-27(31)33-32(37)26-17-9-10-18-29(26)38-33/h1-21H. The molecular weight excluding hydrogens is 482 g/mol. The van der Waals surface area contributed by atoms with Gasteiger partial charge in [0.15, 0.2) is 5.82 Å². The van der Waals surface area contributed by atoms with Crippen LogP contribution in [-0.2, 0) is 0 Å². The minimum atomic E-state index is 0.723. The average molecular weight is 504 g/mol. The Kier molecular flexibility index (Phi) is 4.69. The fraction of sp³-hybridized carbons (Fsp3) is 0. The van der Waals surface area contributed by atoms with Crippen LogP contribution in [0.2, 0.25) is 0 Å². The highest BCUT2D eigenvalue weighted by Gasteiger charge is 2.22. The maximum absolute atomic E-state index is 5.20. The van der Waals surface area contributed by atoms with Crippen LogP contribution < -0.4 is 0 Å². The zero-order valence-corrected chi connectivity index (χ0v) is 21.2. The molecule has 178 valence electrons. The van der Waals surface area contributed by atoms with Gasteiger partial charge in [-0.15, -0.1) is 11.3 Å². The Morgan fingerprint density at radius 3 is 2.05 bits per heavy atom. The topological polar surface area (TPSA) is 30.7 Å². The lowest BCUT2D eigenvalue weighted by Crippen LogP contribution is -2.03. The fourth-order valence-electron chi connectivity index (χ4n) is 5.54. The summed E-state index contributed by atoms with van der Waals surface area (Å²) in [5.41, 5.74) is 6.38. The van der Waals surface area contributed by atoms with Gasteiger partial charge in [0.05, 0.1) is 33.3 Å². The molecule has 0 spiro atoms.